The van der Waals surface area contributed by atoms with Gasteiger partial charge in [-0.15, -0.1) is 0 Å². The number of Topliss-reactive ketones (excluding diaryl/α,β-unsaturated/α-hetero) is 1. The topological polar surface area (TPSA) is 17.1 Å². The number of fused-ring (bicyclic) bond motifs is 2. The van der Waals surface area contributed by atoms with E-state index in [1.54, 1.807) is 0 Å². The summed E-state index contributed by atoms with van der Waals surface area (Å²) in [7, 11) is 0. The van der Waals surface area contributed by atoms with Crippen molar-refractivity contribution in [1.29, 1.82) is 0 Å². The van der Waals surface area contributed by atoms with Gasteiger partial charge in [0.2, 0.25) is 0 Å². The Morgan fingerprint density at radius 3 is 2.64 bits per heavy atom. The van der Waals surface area contributed by atoms with E-state index in [1.807, 2.05) is 0 Å². The second-order valence-electron chi connectivity index (χ2n) is 4.69. The molecule has 0 saturated heterocycles. The highest BCUT2D eigenvalue weighted by Crippen LogP contribution is 2.50. The lowest BCUT2D eigenvalue weighted by Crippen LogP contribution is -2.35. The molecule has 2 bridgehead atoms. The van der Waals surface area contributed by atoms with Crippen LogP contribution < -0.4 is 0 Å². The molecule has 1 fully saturated rings. The lowest BCUT2D eigenvalue weighted by molar-refractivity contribution is -0.124. The predicted molar refractivity (Wildman–Crippen MR) is 55.3 cm³/mol. The van der Waals surface area contributed by atoms with E-state index in [1.165, 1.54) is 17.5 Å². The summed E-state index contributed by atoms with van der Waals surface area (Å²) in [4.78, 5) is 11.8. The first-order valence-electron chi connectivity index (χ1n) is 5.39. The first-order valence-corrected chi connectivity index (χ1v) is 5.39. The molecule has 0 radical (unpaired) electrons. The number of benzene rings is 1. The molecular weight excluding hydrogens is 172 g/mol. The van der Waals surface area contributed by atoms with Crippen molar-refractivity contribution in [3.05, 3.63) is 35.4 Å². The summed E-state index contributed by atoms with van der Waals surface area (Å²) in [5.41, 5.74) is 2.75. The Morgan fingerprint density at radius 2 is 1.93 bits per heavy atom. The highest BCUT2D eigenvalue weighted by molar-refractivity contribution is 5.90. The third kappa shape index (κ3) is 0.927. The maximum atomic E-state index is 11.8. The SMILES string of the molecule is CC1CC2CC(=O)C1c1ccccc12. The van der Waals surface area contributed by atoms with Gasteiger partial charge in [0.05, 0.1) is 0 Å². The minimum absolute atomic E-state index is 0.205. The molecule has 3 atom stereocenters. The van der Waals surface area contributed by atoms with E-state index in [4.69, 9.17) is 0 Å². The van der Waals surface area contributed by atoms with Gasteiger partial charge in [-0.1, -0.05) is 31.2 Å². The quantitative estimate of drug-likeness (QED) is 0.609. The van der Waals surface area contributed by atoms with Gasteiger partial charge in [0.15, 0.2) is 0 Å². The molecule has 3 aliphatic rings. The van der Waals surface area contributed by atoms with E-state index < -0.39 is 0 Å². The number of rotatable bonds is 0. The highest BCUT2D eigenvalue weighted by Gasteiger charge is 2.42. The van der Waals surface area contributed by atoms with Crippen LogP contribution in [0.5, 0.6) is 0 Å². The number of carbonyl (C=O) groups excluding carboxylic acids is 1. The van der Waals surface area contributed by atoms with Gasteiger partial charge in [-0.05, 0) is 29.4 Å². The predicted octanol–water partition coefficient (Wildman–Crippen LogP) is 2.87. The van der Waals surface area contributed by atoms with Crippen LogP contribution >= 0.6 is 0 Å². The van der Waals surface area contributed by atoms with Crippen LogP contribution in [0.4, 0.5) is 0 Å². The molecule has 1 aromatic carbocycles. The standard InChI is InChI=1S/C13H14O/c1-8-6-9-7-12(14)13(8)11-5-3-2-4-10(9)11/h2-5,8-9,13H,6-7H2,1H3. The van der Waals surface area contributed by atoms with Crippen LogP contribution in [0.25, 0.3) is 0 Å². The molecule has 0 aliphatic heterocycles. The van der Waals surface area contributed by atoms with E-state index in [9.17, 15) is 4.79 Å². The molecule has 1 saturated carbocycles. The molecule has 14 heavy (non-hydrogen) atoms. The van der Waals surface area contributed by atoms with Crippen molar-refractivity contribution in [3.8, 4) is 0 Å². The summed E-state index contributed by atoms with van der Waals surface area (Å²) in [6, 6.07) is 8.49. The average Bonchev–Trinajstić information content (AvgIpc) is 2.17. The van der Waals surface area contributed by atoms with Crippen molar-refractivity contribution < 1.29 is 4.79 Å². The van der Waals surface area contributed by atoms with E-state index >= 15 is 0 Å². The van der Waals surface area contributed by atoms with Crippen molar-refractivity contribution in [3.63, 3.8) is 0 Å². The van der Waals surface area contributed by atoms with Crippen LogP contribution in [0.2, 0.25) is 0 Å². The van der Waals surface area contributed by atoms with Gasteiger partial charge in [-0.2, -0.15) is 0 Å². The van der Waals surface area contributed by atoms with Gasteiger partial charge in [0.1, 0.15) is 5.78 Å². The molecule has 0 amide bonds. The molecule has 4 rings (SSSR count). The molecule has 1 heteroatoms. The Bertz CT molecular complexity index is 394. The molecule has 72 valence electrons. The van der Waals surface area contributed by atoms with Crippen molar-refractivity contribution in [2.75, 3.05) is 0 Å². The summed E-state index contributed by atoms with van der Waals surface area (Å²) in [5.74, 6) is 1.73. The Kier molecular flexibility index (Phi) is 1.58. The maximum absolute atomic E-state index is 11.8. The zero-order valence-corrected chi connectivity index (χ0v) is 8.36. The summed E-state index contributed by atoms with van der Waals surface area (Å²) in [6.45, 7) is 2.21. The summed E-state index contributed by atoms with van der Waals surface area (Å²) >= 11 is 0. The second-order valence-corrected chi connectivity index (χ2v) is 4.69. The fraction of sp³-hybridized carbons (Fsp3) is 0.462. The Morgan fingerprint density at radius 1 is 1.21 bits per heavy atom. The Balaban J connectivity index is 2.21. The molecular formula is C13H14O. The van der Waals surface area contributed by atoms with E-state index in [0.717, 1.165) is 6.42 Å². The van der Waals surface area contributed by atoms with E-state index in [2.05, 4.69) is 31.2 Å². The number of hydrogen-bond donors (Lipinski definition) is 0. The average molecular weight is 186 g/mol. The number of ketones is 1. The van der Waals surface area contributed by atoms with Crippen LogP contribution in [-0.4, -0.2) is 5.78 Å². The van der Waals surface area contributed by atoms with Gasteiger partial charge in [-0.25, -0.2) is 0 Å². The third-order valence-electron chi connectivity index (χ3n) is 3.79. The molecule has 3 unspecified atom stereocenters. The van der Waals surface area contributed by atoms with Crippen LogP contribution in [-0.2, 0) is 4.79 Å². The monoisotopic (exact) mass is 186 g/mol. The normalized spacial score (nSPS) is 34.4. The fourth-order valence-electron chi connectivity index (χ4n) is 3.24. The van der Waals surface area contributed by atoms with Crippen LogP contribution in [0.1, 0.15) is 42.7 Å². The van der Waals surface area contributed by atoms with Crippen LogP contribution in [0.3, 0.4) is 0 Å². The Labute approximate surface area is 84.1 Å². The van der Waals surface area contributed by atoms with Gasteiger partial charge >= 0.3 is 0 Å². The van der Waals surface area contributed by atoms with Crippen molar-refractivity contribution in [2.24, 2.45) is 5.92 Å². The molecule has 0 N–H and O–H groups in total. The first-order chi connectivity index (χ1) is 6.77. The molecule has 0 spiro atoms. The molecule has 3 aliphatic carbocycles. The zero-order valence-electron chi connectivity index (χ0n) is 8.36. The number of carbonyl (C=O) groups is 1. The highest BCUT2D eigenvalue weighted by atomic mass is 16.1. The lowest BCUT2D eigenvalue weighted by atomic mass is 9.62. The minimum Gasteiger partial charge on any atom is -0.299 e. The van der Waals surface area contributed by atoms with Gasteiger partial charge in [0, 0.05) is 12.3 Å². The fourth-order valence-corrected chi connectivity index (χ4v) is 3.24. The van der Waals surface area contributed by atoms with Crippen molar-refractivity contribution >= 4 is 5.78 Å². The van der Waals surface area contributed by atoms with Crippen molar-refractivity contribution in [1.82, 2.24) is 0 Å². The smallest absolute Gasteiger partial charge is 0.141 e. The molecule has 1 aromatic rings. The van der Waals surface area contributed by atoms with Gasteiger partial charge in [0.25, 0.3) is 0 Å². The first kappa shape index (κ1) is 8.22. The summed E-state index contributed by atoms with van der Waals surface area (Å²) < 4.78 is 0. The lowest BCUT2D eigenvalue weighted by Gasteiger charge is -2.41. The number of hydrogen-bond acceptors (Lipinski definition) is 1. The third-order valence-corrected chi connectivity index (χ3v) is 3.79. The van der Waals surface area contributed by atoms with Crippen molar-refractivity contribution in [2.45, 2.75) is 31.6 Å². The molecule has 0 heterocycles. The second kappa shape index (κ2) is 2.69. The van der Waals surface area contributed by atoms with Crippen LogP contribution in [0.15, 0.2) is 24.3 Å². The largest absolute Gasteiger partial charge is 0.299 e. The maximum Gasteiger partial charge on any atom is 0.141 e. The van der Waals surface area contributed by atoms with Gasteiger partial charge < -0.3 is 0 Å². The Hall–Kier alpha value is -1.11. The van der Waals surface area contributed by atoms with E-state index in [0.29, 0.717) is 17.6 Å². The summed E-state index contributed by atoms with van der Waals surface area (Å²) in [5, 5.41) is 0. The molecule has 1 nitrogen and oxygen atoms in total. The summed E-state index contributed by atoms with van der Waals surface area (Å²) in [6.07, 6.45) is 1.99. The molecule has 0 aromatic heterocycles. The van der Waals surface area contributed by atoms with Gasteiger partial charge in [-0.3, -0.25) is 4.79 Å². The van der Waals surface area contributed by atoms with Crippen LogP contribution in [0, 0.1) is 5.92 Å². The van der Waals surface area contributed by atoms with E-state index in [-0.39, 0.29) is 5.92 Å². The minimum atomic E-state index is 0.205. The zero-order chi connectivity index (χ0) is 9.71.